The van der Waals surface area contributed by atoms with Gasteiger partial charge in [0.05, 0.1) is 0 Å². The Morgan fingerprint density at radius 2 is 0.382 bits per heavy atom. The molecule has 0 bridgehead atoms. The molecule has 6 saturated carbocycles. The predicted octanol–water partition coefficient (Wildman–Crippen LogP) is 45.2. The van der Waals surface area contributed by atoms with Crippen molar-refractivity contribution in [2.24, 2.45) is 76.9 Å². The molecule has 10 unspecified atom stereocenters. The molecular weight excluding hydrogens is 1730 g/mol. The maximum Gasteiger partial charge on any atom is -0.0181 e. The monoisotopic (exact) mass is 1950 g/mol. The number of benzene rings is 11. The van der Waals surface area contributed by atoms with Crippen LogP contribution in [-0.2, 0) is 51.4 Å². The van der Waals surface area contributed by atoms with Gasteiger partial charge in [-0.2, -0.15) is 0 Å². The molecule has 0 nitrogen and oxygen atoms in total. The van der Waals surface area contributed by atoms with E-state index in [0.717, 1.165) is 76.9 Å². The maximum atomic E-state index is 2.44. The molecule has 21 rings (SSSR count). The second-order valence-electron chi connectivity index (χ2n) is 43.7. The standard InChI is InChI=1S/C12H22.2C12H16.C12H12.C11H20.2C11H14.C11H10.C8H16.2C8H10.C7H14.C7H8.7C2H6/c4*1-9-3-5-12-8-10(2)4-6-11(12)7-9;4*1-9-6-7-10-4-2-3-5-11(10)8-9;3*1-7-3-5-8(2)6-4-7;2*1-7-5-3-2-4-6-7;7*1-2/h9-12H,3-8H2,1-2H3;2*3,5,7,10H,4,6,8H2,1-2H3;3-8H,1-2H3;9-11H,2-8H2,1H3;6-8H,2-5H2,1H3;2-5,9H,6-8H2,1H3;2-8H,1H3;7-8H,3-6H2,1-2H3;2*3-6H,1-2H3;7H,2-6H2,1H3;2-6H,1H3;7*1-2H3. The molecular formula is C144H224. The molecule has 10 aliphatic rings. The minimum Gasteiger partial charge on any atom is -0.0683 e. The van der Waals surface area contributed by atoms with Crippen molar-refractivity contribution in [3.8, 4) is 0 Å². The van der Waals surface area contributed by atoms with Crippen molar-refractivity contribution < 1.29 is 0 Å². The highest BCUT2D eigenvalue weighted by Gasteiger charge is 2.33. The lowest BCUT2D eigenvalue weighted by molar-refractivity contribution is 0.109. The average molecular weight is 1960 g/mol. The van der Waals surface area contributed by atoms with Crippen molar-refractivity contribution in [2.45, 2.75) is 460 Å². The highest BCUT2D eigenvalue weighted by Crippen LogP contribution is 2.45. The summed E-state index contributed by atoms with van der Waals surface area (Å²) in [6, 6.07) is 84.7. The summed E-state index contributed by atoms with van der Waals surface area (Å²) in [6.45, 7) is 72.8. The molecule has 0 aliphatic heterocycles. The van der Waals surface area contributed by atoms with Crippen LogP contribution in [0.15, 0.2) is 237 Å². The number of rotatable bonds is 0. The Labute approximate surface area is 894 Å². The lowest BCUT2D eigenvalue weighted by Crippen LogP contribution is -2.29. The molecule has 6 fully saturated rings. The van der Waals surface area contributed by atoms with Crippen molar-refractivity contribution in [2.75, 3.05) is 0 Å². The van der Waals surface area contributed by atoms with Gasteiger partial charge < -0.3 is 0 Å². The van der Waals surface area contributed by atoms with Gasteiger partial charge in [0.15, 0.2) is 0 Å². The number of aryl methyl sites for hydroxylation is 16. The van der Waals surface area contributed by atoms with Gasteiger partial charge in [-0.25, -0.2) is 0 Å². The predicted molar refractivity (Wildman–Crippen MR) is 655 cm³/mol. The zero-order valence-electron chi connectivity index (χ0n) is 100. The summed E-state index contributed by atoms with van der Waals surface area (Å²) in [6.07, 6.45) is 50.5. The molecule has 0 heterocycles. The Bertz CT molecular complexity index is 4720. The quantitative estimate of drug-likeness (QED) is 0.142. The van der Waals surface area contributed by atoms with Crippen LogP contribution in [0.3, 0.4) is 0 Å². The summed E-state index contributed by atoms with van der Waals surface area (Å²) in [7, 11) is 0. The Morgan fingerprint density at radius 1 is 0.146 bits per heavy atom. The first-order valence-electron chi connectivity index (χ1n) is 59.9. The molecule has 0 spiro atoms. The van der Waals surface area contributed by atoms with Gasteiger partial charge in [0.25, 0.3) is 0 Å². The normalized spacial score (nSPS) is 21.0. The summed E-state index contributed by atoms with van der Waals surface area (Å²) in [5.41, 5.74) is 27.5. The van der Waals surface area contributed by atoms with Crippen LogP contribution >= 0.6 is 0 Å². The fourth-order valence-electron chi connectivity index (χ4n) is 21.7. The first kappa shape index (κ1) is 132. The molecule has 0 aromatic heterocycles. The molecule has 0 heteroatoms. The van der Waals surface area contributed by atoms with E-state index in [1.807, 2.05) is 115 Å². The molecule has 11 aromatic rings. The van der Waals surface area contributed by atoms with Gasteiger partial charge >= 0.3 is 0 Å². The smallest absolute Gasteiger partial charge is 0.0181 e. The topological polar surface area (TPSA) is 0 Å². The second-order valence-corrected chi connectivity index (χ2v) is 43.7. The summed E-state index contributed by atoms with van der Waals surface area (Å²) in [4.78, 5) is 0. The zero-order valence-corrected chi connectivity index (χ0v) is 100. The average Bonchev–Trinajstić information content (AvgIpc) is 0.837. The van der Waals surface area contributed by atoms with Crippen molar-refractivity contribution >= 4 is 21.5 Å². The van der Waals surface area contributed by atoms with Crippen molar-refractivity contribution in [1.82, 2.24) is 0 Å². The van der Waals surface area contributed by atoms with E-state index in [4.69, 9.17) is 0 Å². The van der Waals surface area contributed by atoms with Gasteiger partial charge in [-0.1, -0.05) is 560 Å². The third-order valence-corrected chi connectivity index (χ3v) is 30.3. The molecule has 0 saturated heterocycles. The summed E-state index contributed by atoms with van der Waals surface area (Å²) in [5.74, 6) is 13.3. The first-order chi connectivity index (χ1) is 69.6. The van der Waals surface area contributed by atoms with Crippen LogP contribution in [-0.4, -0.2) is 0 Å². The van der Waals surface area contributed by atoms with E-state index < -0.39 is 0 Å². The van der Waals surface area contributed by atoms with Crippen LogP contribution in [0.1, 0.15) is 438 Å². The van der Waals surface area contributed by atoms with Crippen molar-refractivity contribution in [1.29, 1.82) is 0 Å². The molecule has 0 amide bonds. The van der Waals surface area contributed by atoms with Gasteiger partial charge in [-0.05, 0) is 341 Å². The summed E-state index contributed by atoms with van der Waals surface area (Å²) >= 11 is 0. The van der Waals surface area contributed by atoms with Gasteiger partial charge in [-0.3, -0.25) is 0 Å². The van der Waals surface area contributed by atoms with Crippen LogP contribution in [0, 0.1) is 153 Å². The molecule has 10 aliphatic carbocycles. The Balaban J connectivity index is 0.000000523. The largest absolute Gasteiger partial charge is 0.0683 e. The minimum absolute atomic E-state index is 0.889. The van der Waals surface area contributed by atoms with Gasteiger partial charge in [-0.15, -0.1) is 0 Å². The van der Waals surface area contributed by atoms with E-state index in [1.54, 1.807) is 70.2 Å². The SMILES string of the molecule is CC.CC.CC.CC.CC.CC.CC.CC1CCC(C)CC1.CC1CCC2CC(C)CCC2C1.CC1CCC2CCCCC2C1.CC1CCCCC1.CC1CCc2ccccc2C1.Cc1ccc(C)cc1.Cc1ccc(C)cc1.Cc1ccc2c(c1)CCC(C)C2.Cc1ccc2c(c1)CCC(C)C2.Cc1ccc2c(c1)CCCC2.Cc1ccc2cc(C)ccc2c1.Cc1ccc2ccccc2c1.Cc1ccccc1. The van der Waals surface area contributed by atoms with E-state index >= 15 is 0 Å². The van der Waals surface area contributed by atoms with Crippen LogP contribution in [0.2, 0.25) is 0 Å². The highest BCUT2D eigenvalue weighted by molar-refractivity contribution is 5.84. The molecule has 0 radical (unpaired) electrons. The lowest BCUT2D eigenvalue weighted by atomic mass is 9.65. The summed E-state index contributed by atoms with van der Waals surface area (Å²) in [5, 5.41) is 5.31. The zero-order chi connectivity index (χ0) is 107. The molecule has 0 N–H and O–H groups in total. The van der Waals surface area contributed by atoms with Crippen molar-refractivity contribution in [3.05, 3.63) is 342 Å². The fourth-order valence-corrected chi connectivity index (χ4v) is 21.7. The van der Waals surface area contributed by atoms with E-state index in [1.165, 1.54) is 282 Å². The van der Waals surface area contributed by atoms with Crippen LogP contribution in [0.25, 0.3) is 21.5 Å². The molecule has 144 heavy (non-hydrogen) atoms. The number of hydrogen-bond acceptors (Lipinski definition) is 0. The highest BCUT2D eigenvalue weighted by atomic mass is 14.4. The molecule has 11 aromatic carbocycles. The fraction of sp³-hybridized carbons (Fsp3) is 0.569. The molecule has 10 atom stereocenters. The summed E-state index contributed by atoms with van der Waals surface area (Å²) < 4.78 is 0. The van der Waals surface area contributed by atoms with E-state index in [2.05, 4.69) is 357 Å². The van der Waals surface area contributed by atoms with Gasteiger partial charge in [0.1, 0.15) is 0 Å². The molecule has 800 valence electrons. The van der Waals surface area contributed by atoms with E-state index in [9.17, 15) is 0 Å². The van der Waals surface area contributed by atoms with Crippen LogP contribution < -0.4 is 0 Å². The van der Waals surface area contributed by atoms with Gasteiger partial charge in [0.2, 0.25) is 0 Å². The Kier molecular flexibility index (Phi) is 73.3. The van der Waals surface area contributed by atoms with E-state index in [-0.39, 0.29) is 0 Å². The number of fused-ring (bicyclic) bond motifs is 8. The van der Waals surface area contributed by atoms with Crippen LogP contribution in [0.5, 0.6) is 0 Å². The minimum atomic E-state index is 0.889. The van der Waals surface area contributed by atoms with E-state index in [0.29, 0.717) is 0 Å². The van der Waals surface area contributed by atoms with Gasteiger partial charge in [0, 0.05) is 0 Å². The Hall–Kier alpha value is -8.06. The third-order valence-electron chi connectivity index (χ3n) is 30.3. The Morgan fingerprint density at radius 3 is 0.743 bits per heavy atom. The first-order valence-corrected chi connectivity index (χ1v) is 59.9. The van der Waals surface area contributed by atoms with Crippen molar-refractivity contribution in [3.63, 3.8) is 0 Å². The third kappa shape index (κ3) is 55.8. The maximum absolute atomic E-state index is 2.44. The second kappa shape index (κ2) is 80.0. The lowest BCUT2D eigenvalue weighted by Gasteiger charge is -2.40. The van der Waals surface area contributed by atoms with Crippen LogP contribution in [0.4, 0.5) is 0 Å². The number of hydrogen-bond donors (Lipinski definition) is 0.